The van der Waals surface area contributed by atoms with Gasteiger partial charge in [-0.25, -0.2) is 4.79 Å². The summed E-state index contributed by atoms with van der Waals surface area (Å²) in [5.74, 6) is 0.0221. The normalized spacial score (nSPS) is 19.9. The molecule has 3 atom stereocenters. The Bertz CT molecular complexity index is 1130. The van der Waals surface area contributed by atoms with Gasteiger partial charge < -0.3 is 20.5 Å². The lowest BCUT2D eigenvalue weighted by atomic mass is 10.00. The Morgan fingerprint density at radius 2 is 1.91 bits per heavy atom. The van der Waals surface area contributed by atoms with Gasteiger partial charge >= 0.3 is 5.97 Å². The average Bonchev–Trinajstić information content (AvgIpc) is 3.65. The van der Waals surface area contributed by atoms with Gasteiger partial charge in [0.15, 0.2) is 0 Å². The van der Waals surface area contributed by atoms with Crippen LogP contribution in [0.4, 0.5) is 5.69 Å². The van der Waals surface area contributed by atoms with Crippen molar-refractivity contribution in [3.05, 3.63) is 99.6 Å². The molecule has 6 heteroatoms. The van der Waals surface area contributed by atoms with Gasteiger partial charge in [-0.1, -0.05) is 54.1 Å². The number of rotatable bonds is 7. The number of nitrogens with one attached hydrogen (secondary N) is 2. The number of aliphatic hydroxyl groups excluding tert-OH is 1. The lowest BCUT2D eigenvalue weighted by Crippen LogP contribution is -2.25. The predicted octanol–water partition coefficient (Wildman–Crippen LogP) is 4.88. The highest BCUT2D eigenvalue weighted by Gasteiger charge is 2.43. The number of carbonyl (C=O) groups excluding carboxylic acids is 1. The maximum Gasteiger partial charge on any atom is 0.338 e. The summed E-state index contributed by atoms with van der Waals surface area (Å²) in [6.45, 7) is 2.04. The summed E-state index contributed by atoms with van der Waals surface area (Å²) >= 11 is 6.45. The zero-order chi connectivity index (χ0) is 22.8. The molecule has 5 rings (SSSR count). The van der Waals surface area contributed by atoms with Crippen LogP contribution in [-0.4, -0.2) is 23.8 Å². The molecule has 0 spiro atoms. The van der Waals surface area contributed by atoms with Crippen LogP contribution in [-0.2, 0) is 24.3 Å². The van der Waals surface area contributed by atoms with Crippen molar-refractivity contribution in [1.82, 2.24) is 5.32 Å². The second-order valence-corrected chi connectivity index (χ2v) is 9.21. The standard InChI is InChI=1S/C27H27ClN2O3/c28-24-12-21-15-29-11-10-20(21)13-25(24)30-26(31)23-14-22(23)18-6-8-19(9-7-18)27(32)33-16-17-4-2-1-3-5-17/h1-9,12-13,22-23,26,29-31H,10-11,14-16H2. The molecule has 1 heterocycles. The first-order valence-corrected chi connectivity index (χ1v) is 11.7. The van der Waals surface area contributed by atoms with E-state index in [1.165, 1.54) is 11.1 Å². The molecule has 3 unspecified atom stereocenters. The molecule has 1 aliphatic heterocycles. The van der Waals surface area contributed by atoms with Gasteiger partial charge in [-0.15, -0.1) is 0 Å². The molecule has 0 saturated heterocycles. The van der Waals surface area contributed by atoms with Crippen LogP contribution in [0.1, 0.15) is 45.0 Å². The van der Waals surface area contributed by atoms with E-state index in [0.717, 1.165) is 42.7 Å². The van der Waals surface area contributed by atoms with Crippen molar-refractivity contribution in [3.8, 4) is 0 Å². The third-order valence-electron chi connectivity index (χ3n) is 6.51. The van der Waals surface area contributed by atoms with Crippen LogP contribution < -0.4 is 10.6 Å². The number of anilines is 1. The highest BCUT2D eigenvalue weighted by Crippen LogP contribution is 2.50. The molecule has 0 bridgehead atoms. The molecule has 0 radical (unpaired) electrons. The number of carbonyl (C=O) groups is 1. The van der Waals surface area contributed by atoms with E-state index in [9.17, 15) is 9.90 Å². The number of benzene rings is 3. The molecular weight excluding hydrogens is 436 g/mol. The molecular formula is C27H27ClN2O3. The molecule has 3 aromatic rings. The zero-order valence-corrected chi connectivity index (χ0v) is 19.0. The molecule has 3 N–H and O–H groups in total. The Hall–Kier alpha value is -2.86. The van der Waals surface area contributed by atoms with Crippen LogP contribution >= 0.6 is 11.6 Å². The first kappa shape index (κ1) is 22.0. The lowest BCUT2D eigenvalue weighted by molar-refractivity contribution is 0.0472. The number of aliphatic hydroxyl groups is 1. The Kier molecular flexibility index (Phi) is 6.36. The fraction of sp³-hybridized carbons (Fsp3) is 0.296. The number of hydrogen-bond donors (Lipinski definition) is 3. The summed E-state index contributed by atoms with van der Waals surface area (Å²) in [6.07, 6.45) is 1.17. The Morgan fingerprint density at radius 1 is 1.12 bits per heavy atom. The van der Waals surface area contributed by atoms with E-state index in [1.807, 2.05) is 48.5 Å². The quantitative estimate of drug-likeness (QED) is 0.345. The van der Waals surface area contributed by atoms with E-state index in [2.05, 4.69) is 16.7 Å². The molecule has 1 aliphatic carbocycles. The van der Waals surface area contributed by atoms with Crippen molar-refractivity contribution in [1.29, 1.82) is 0 Å². The van der Waals surface area contributed by atoms with E-state index in [-0.39, 0.29) is 24.4 Å². The van der Waals surface area contributed by atoms with Gasteiger partial charge in [0.25, 0.3) is 0 Å². The van der Waals surface area contributed by atoms with Crippen molar-refractivity contribution in [2.45, 2.75) is 38.1 Å². The summed E-state index contributed by atoms with van der Waals surface area (Å²) in [6, 6.07) is 21.2. The number of hydrogen-bond acceptors (Lipinski definition) is 5. The molecule has 0 aromatic heterocycles. The van der Waals surface area contributed by atoms with Crippen molar-refractivity contribution in [3.63, 3.8) is 0 Å². The van der Waals surface area contributed by atoms with Crippen LogP contribution in [0.25, 0.3) is 0 Å². The molecule has 170 valence electrons. The van der Waals surface area contributed by atoms with Crippen molar-refractivity contribution in [2.75, 3.05) is 11.9 Å². The fourth-order valence-electron chi connectivity index (χ4n) is 4.50. The van der Waals surface area contributed by atoms with Crippen LogP contribution in [0.15, 0.2) is 66.7 Å². The summed E-state index contributed by atoms with van der Waals surface area (Å²) < 4.78 is 5.40. The van der Waals surface area contributed by atoms with Gasteiger partial charge in [0.05, 0.1) is 16.3 Å². The Morgan fingerprint density at radius 3 is 2.70 bits per heavy atom. The summed E-state index contributed by atoms with van der Waals surface area (Å²) in [5.41, 5.74) is 5.88. The predicted molar refractivity (Wildman–Crippen MR) is 129 cm³/mol. The van der Waals surface area contributed by atoms with Crippen LogP contribution in [0.2, 0.25) is 5.02 Å². The third kappa shape index (κ3) is 5.06. The average molecular weight is 463 g/mol. The first-order chi connectivity index (χ1) is 16.1. The smallest absolute Gasteiger partial charge is 0.338 e. The monoisotopic (exact) mass is 462 g/mol. The van der Waals surface area contributed by atoms with E-state index < -0.39 is 6.23 Å². The van der Waals surface area contributed by atoms with Crippen molar-refractivity contribution in [2.24, 2.45) is 5.92 Å². The first-order valence-electron chi connectivity index (χ1n) is 11.4. The van der Waals surface area contributed by atoms with Gasteiger partial charge in [-0.2, -0.15) is 0 Å². The summed E-state index contributed by atoms with van der Waals surface area (Å²) in [5, 5.41) is 18.0. The molecule has 1 saturated carbocycles. The second-order valence-electron chi connectivity index (χ2n) is 8.81. The third-order valence-corrected chi connectivity index (χ3v) is 6.82. The molecule has 1 fully saturated rings. The van der Waals surface area contributed by atoms with E-state index in [4.69, 9.17) is 16.3 Å². The fourth-order valence-corrected chi connectivity index (χ4v) is 4.74. The number of halogens is 1. The maximum absolute atomic E-state index is 12.3. The van der Waals surface area contributed by atoms with Gasteiger partial charge in [0.2, 0.25) is 0 Å². The minimum atomic E-state index is -0.678. The number of ether oxygens (including phenoxy) is 1. The van der Waals surface area contributed by atoms with E-state index in [0.29, 0.717) is 10.6 Å². The lowest BCUT2D eigenvalue weighted by Gasteiger charge is -2.21. The minimum Gasteiger partial charge on any atom is -0.457 e. The van der Waals surface area contributed by atoms with Crippen LogP contribution in [0.3, 0.4) is 0 Å². The molecule has 3 aromatic carbocycles. The Labute approximate surface area is 198 Å². The molecule has 0 amide bonds. The second kappa shape index (κ2) is 9.56. The van der Waals surface area contributed by atoms with Crippen molar-refractivity contribution < 1.29 is 14.6 Å². The summed E-state index contributed by atoms with van der Waals surface area (Å²) in [7, 11) is 0. The van der Waals surface area contributed by atoms with Gasteiger partial charge in [-0.05, 0) is 71.8 Å². The highest BCUT2D eigenvalue weighted by molar-refractivity contribution is 6.33. The molecule has 33 heavy (non-hydrogen) atoms. The highest BCUT2D eigenvalue weighted by atomic mass is 35.5. The number of esters is 1. The molecule has 2 aliphatic rings. The van der Waals surface area contributed by atoms with Gasteiger partial charge in [-0.3, -0.25) is 0 Å². The van der Waals surface area contributed by atoms with E-state index >= 15 is 0 Å². The minimum absolute atomic E-state index is 0.106. The Balaban J connectivity index is 1.17. The number of fused-ring (bicyclic) bond motifs is 1. The van der Waals surface area contributed by atoms with Crippen LogP contribution in [0, 0.1) is 5.92 Å². The zero-order valence-electron chi connectivity index (χ0n) is 18.3. The van der Waals surface area contributed by atoms with Crippen LogP contribution in [0.5, 0.6) is 0 Å². The molecule has 5 nitrogen and oxygen atoms in total. The van der Waals surface area contributed by atoms with E-state index in [1.54, 1.807) is 12.1 Å². The largest absolute Gasteiger partial charge is 0.457 e. The van der Waals surface area contributed by atoms with Crippen molar-refractivity contribution >= 4 is 23.3 Å². The van der Waals surface area contributed by atoms with Gasteiger partial charge in [0, 0.05) is 12.5 Å². The maximum atomic E-state index is 12.3. The van der Waals surface area contributed by atoms with Gasteiger partial charge in [0.1, 0.15) is 12.8 Å². The summed E-state index contributed by atoms with van der Waals surface area (Å²) in [4.78, 5) is 12.3. The SMILES string of the molecule is O=C(OCc1ccccc1)c1ccc(C2CC2C(O)Nc2cc3c(cc2Cl)CNCC3)cc1. The topological polar surface area (TPSA) is 70.6 Å².